The van der Waals surface area contributed by atoms with Crippen LogP contribution >= 0.6 is 0 Å². The summed E-state index contributed by atoms with van der Waals surface area (Å²) in [6.45, 7) is 0. The van der Waals surface area contributed by atoms with Crippen LogP contribution in [0.3, 0.4) is 0 Å². The molecule has 0 atom stereocenters. The van der Waals surface area contributed by atoms with Crippen LogP contribution in [-0.2, 0) is 16.0 Å². The highest BCUT2D eigenvalue weighted by atomic mass is 19.1. The van der Waals surface area contributed by atoms with E-state index in [4.69, 9.17) is 0 Å². The molecule has 2 aromatic rings. The molecular formula is C18H17FN4O3. The standard InChI is InChI=1S/C18H17FN4O3/c1-23-16(25)6-5-15(22-23)18(26)21-17-14(19)9-12(10-20-17)7-11-3-2-4-13(24)8-11/h2-4,8-10,24H,5-7H2,1H3,(H,20,21,26). The van der Waals surface area contributed by atoms with E-state index in [0.29, 0.717) is 12.0 Å². The van der Waals surface area contributed by atoms with Gasteiger partial charge in [0.05, 0.1) is 0 Å². The van der Waals surface area contributed by atoms with Gasteiger partial charge in [0.15, 0.2) is 11.6 Å². The number of nitrogens with one attached hydrogen (secondary N) is 1. The zero-order valence-electron chi connectivity index (χ0n) is 14.1. The van der Waals surface area contributed by atoms with Crippen LogP contribution in [0.2, 0.25) is 0 Å². The minimum absolute atomic E-state index is 0.136. The quantitative estimate of drug-likeness (QED) is 0.877. The number of aromatic nitrogens is 1. The Balaban J connectivity index is 1.71. The van der Waals surface area contributed by atoms with Crippen molar-refractivity contribution in [2.75, 3.05) is 12.4 Å². The van der Waals surface area contributed by atoms with Crippen LogP contribution in [0, 0.1) is 5.82 Å². The highest BCUT2D eigenvalue weighted by molar-refractivity contribution is 6.43. The number of nitrogens with zero attached hydrogens (tertiary/aromatic N) is 3. The van der Waals surface area contributed by atoms with Gasteiger partial charge in [-0.3, -0.25) is 9.59 Å². The number of amides is 2. The molecule has 8 heteroatoms. The van der Waals surface area contributed by atoms with Gasteiger partial charge in [-0.25, -0.2) is 14.4 Å². The van der Waals surface area contributed by atoms with Crippen LogP contribution in [0.4, 0.5) is 10.2 Å². The Hall–Kier alpha value is -3.29. The zero-order valence-corrected chi connectivity index (χ0v) is 14.1. The number of halogens is 1. The third kappa shape index (κ3) is 4.02. The fraction of sp³-hybridized carbons (Fsp3) is 0.222. The maximum absolute atomic E-state index is 14.3. The van der Waals surface area contributed by atoms with E-state index in [2.05, 4.69) is 15.4 Å². The van der Waals surface area contributed by atoms with E-state index in [1.807, 2.05) is 6.07 Å². The third-order valence-corrected chi connectivity index (χ3v) is 3.92. The Labute approximate surface area is 149 Å². The zero-order chi connectivity index (χ0) is 18.7. The highest BCUT2D eigenvalue weighted by Gasteiger charge is 2.23. The van der Waals surface area contributed by atoms with Crippen molar-refractivity contribution in [3.63, 3.8) is 0 Å². The van der Waals surface area contributed by atoms with Gasteiger partial charge >= 0.3 is 0 Å². The first-order chi connectivity index (χ1) is 12.4. The number of carbonyl (C=O) groups excluding carboxylic acids is 2. The molecule has 2 heterocycles. The van der Waals surface area contributed by atoms with Crippen molar-refractivity contribution in [2.24, 2.45) is 5.10 Å². The first-order valence-corrected chi connectivity index (χ1v) is 8.00. The molecule has 0 saturated heterocycles. The smallest absolute Gasteiger partial charge is 0.273 e. The van der Waals surface area contributed by atoms with Crippen LogP contribution in [0.1, 0.15) is 24.0 Å². The molecule has 0 unspecified atom stereocenters. The van der Waals surface area contributed by atoms with Crippen LogP contribution in [0.25, 0.3) is 0 Å². The average Bonchev–Trinajstić information content (AvgIpc) is 2.59. The van der Waals surface area contributed by atoms with Gasteiger partial charge < -0.3 is 10.4 Å². The monoisotopic (exact) mass is 356 g/mol. The molecule has 0 spiro atoms. The number of hydrogen-bond donors (Lipinski definition) is 2. The molecule has 1 aliphatic heterocycles. The molecule has 0 aliphatic carbocycles. The molecular weight excluding hydrogens is 339 g/mol. The summed E-state index contributed by atoms with van der Waals surface area (Å²) in [5.41, 5.74) is 1.57. The van der Waals surface area contributed by atoms with Crippen LogP contribution in [-0.4, -0.2) is 39.7 Å². The topological polar surface area (TPSA) is 94.9 Å². The second-order valence-corrected chi connectivity index (χ2v) is 5.94. The second kappa shape index (κ2) is 7.30. The lowest BCUT2D eigenvalue weighted by Crippen LogP contribution is -2.34. The van der Waals surface area contributed by atoms with Gasteiger partial charge in [-0.2, -0.15) is 5.10 Å². The Bertz CT molecular complexity index is 898. The minimum atomic E-state index is -0.670. The highest BCUT2D eigenvalue weighted by Crippen LogP contribution is 2.18. The van der Waals surface area contributed by atoms with Gasteiger partial charge in [-0.15, -0.1) is 0 Å². The van der Waals surface area contributed by atoms with Crippen molar-refractivity contribution in [3.05, 3.63) is 53.5 Å². The van der Waals surface area contributed by atoms with Gasteiger partial charge in [-0.1, -0.05) is 12.1 Å². The number of aromatic hydroxyl groups is 1. The van der Waals surface area contributed by atoms with Gasteiger partial charge in [0, 0.05) is 26.1 Å². The predicted molar refractivity (Wildman–Crippen MR) is 93.2 cm³/mol. The summed E-state index contributed by atoms with van der Waals surface area (Å²) in [6, 6.07) is 7.94. The molecule has 1 aliphatic rings. The summed E-state index contributed by atoms with van der Waals surface area (Å²) in [7, 11) is 1.46. The Morgan fingerprint density at radius 1 is 1.31 bits per heavy atom. The van der Waals surface area contributed by atoms with Crippen molar-refractivity contribution >= 4 is 23.3 Å². The molecule has 1 aromatic heterocycles. The summed E-state index contributed by atoms with van der Waals surface area (Å²) in [4.78, 5) is 27.5. The number of phenols is 1. The normalized spacial score (nSPS) is 14.2. The van der Waals surface area contributed by atoms with E-state index < -0.39 is 11.7 Å². The van der Waals surface area contributed by atoms with Crippen molar-refractivity contribution in [1.82, 2.24) is 9.99 Å². The van der Waals surface area contributed by atoms with Crippen molar-refractivity contribution in [3.8, 4) is 5.75 Å². The fourth-order valence-electron chi connectivity index (χ4n) is 2.58. The van der Waals surface area contributed by atoms with Crippen LogP contribution in [0.5, 0.6) is 5.75 Å². The number of anilines is 1. The minimum Gasteiger partial charge on any atom is -0.508 e. The van der Waals surface area contributed by atoms with E-state index in [0.717, 1.165) is 10.6 Å². The number of rotatable bonds is 4. The summed E-state index contributed by atoms with van der Waals surface area (Å²) >= 11 is 0. The molecule has 0 radical (unpaired) electrons. The lowest BCUT2D eigenvalue weighted by atomic mass is 10.1. The average molecular weight is 356 g/mol. The van der Waals surface area contributed by atoms with Crippen LogP contribution in [0.15, 0.2) is 41.6 Å². The summed E-state index contributed by atoms with van der Waals surface area (Å²) in [5, 5.41) is 16.8. The summed E-state index contributed by atoms with van der Waals surface area (Å²) < 4.78 is 14.3. The molecule has 7 nitrogen and oxygen atoms in total. The summed E-state index contributed by atoms with van der Waals surface area (Å²) in [6.07, 6.45) is 2.24. The number of pyridine rings is 1. The van der Waals surface area contributed by atoms with E-state index in [9.17, 15) is 19.1 Å². The number of phenolic OH excluding ortho intramolecular Hbond substituents is 1. The van der Waals surface area contributed by atoms with Crippen molar-refractivity contribution < 1.29 is 19.1 Å². The third-order valence-electron chi connectivity index (χ3n) is 3.92. The first kappa shape index (κ1) is 17.5. The maximum Gasteiger partial charge on any atom is 0.273 e. The Kier molecular flexibility index (Phi) is 4.92. The van der Waals surface area contributed by atoms with Crippen molar-refractivity contribution in [1.29, 1.82) is 0 Å². The lowest BCUT2D eigenvalue weighted by Gasteiger charge is -2.18. The predicted octanol–water partition coefficient (Wildman–Crippen LogP) is 2.06. The van der Waals surface area contributed by atoms with E-state index in [-0.39, 0.29) is 36.0 Å². The SMILES string of the molecule is CN1N=C(C(=O)Nc2ncc(Cc3cccc(O)c3)cc2F)CCC1=O. The molecule has 3 rings (SSSR count). The Morgan fingerprint density at radius 3 is 2.81 bits per heavy atom. The number of benzene rings is 1. The van der Waals surface area contributed by atoms with E-state index in [1.54, 1.807) is 18.2 Å². The van der Waals surface area contributed by atoms with Gasteiger partial charge in [0.25, 0.3) is 5.91 Å². The molecule has 134 valence electrons. The maximum atomic E-state index is 14.3. The summed E-state index contributed by atoms with van der Waals surface area (Å²) in [5.74, 6) is -1.50. The molecule has 26 heavy (non-hydrogen) atoms. The van der Waals surface area contributed by atoms with Gasteiger partial charge in [0.1, 0.15) is 11.5 Å². The lowest BCUT2D eigenvalue weighted by molar-refractivity contribution is -0.130. The van der Waals surface area contributed by atoms with Gasteiger partial charge in [0.2, 0.25) is 5.91 Å². The fourth-order valence-corrected chi connectivity index (χ4v) is 2.58. The molecule has 2 N–H and O–H groups in total. The second-order valence-electron chi connectivity index (χ2n) is 5.94. The first-order valence-electron chi connectivity index (χ1n) is 8.00. The van der Waals surface area contributed by atoms with E-state index >= 15 is 0 Å². The number of hydrogen-bond acceptors (Lipinski definition) is 5. The van der Waals surface area contributed by atoms with Crippen molar-refractivity contribution in [2.45, 2.75) is 19.3 Å². The molecule has 0 bridgehead atoms. The van der Waals surface area contributed by atoms with Crippen LogP contribution < -0.4 is 5.32 Å². The molecule has 2 amide bonds. The molecule has 0 saturated carbocycles. The van der Waals surface area contributed by atoms with Gasteiger partial charge in [-0.05, 0) is 35.7 Å². The van der Waals surface area contributed by atoms with E-state index in [1.165, 1.54) is 19.3 Å². The molecule has 0 fully saturated rings. The number of carbonyl (C=O) groups is 2. The Morgan fingerprint density at radius 2 is 2.12 bits per heavy atom. The molecule has 1 aromatic carbocycles. The largest absolute Gasteiger partial charge is 0.508 e. The number of hydrazone groups is 1.